The Bertz CT molecular complexity index is 1090. The molecular formula is C24H26FN5OS. The maximum atomic E-state index is 14.3. The van der Waals surface area contributed by atoms with Gasteiger partial charge in [-0.15, -0.1) is 10.2 Å². The monoisotopic (exact) mass is 451 g/mol. The lowest BCUT2D eigenvalue weighted by atomic mass is 10.1. The molecule has 32 heavy (non-hydrogen) atoms. The van der Waals surface area contributed by atoms with E-state index in [0.717, 1.165) is 31.6 Å². The van der Waals surface area contributed by atoms with Crippen molar-refractivity contribution in [3.05, 3.63) is 54.3 Å². The summed E-state index contributed by atoms with van der Waals surface area (Å²) in [5.41, 5.74) is 2.43. The summed E-state index contributed by atoms with van der Waals surface area (Å²) in [6.07, 6.45) is 5.81. The minimum atomic E-state index is -0.316. The van der Waals surface area contributed by atoms with Crippen LogP contribution in [0.15, 0.2) is 53.7 Å². The number of thioether (sulfide) groups is 1. The summed E-state index contributed by atoms with van der Waals surface area (Å²) < 4.78 is 16.3. The Balaban J connectivity index is 1.22. The molecule has 1 N–H and O–H groups in total. The first kappa shape index (κ1) is 21.0. The van der Waals surface area contributed by atoms with E-state index in [1.54, 1.807) is 18.2 Å². The standard InChI is InChI=1S/C24H26FN5OS/c25-21-7-3-2-6-20(21)23-27-28-24(30(23)19-12-13-19)32-16-22(31)26-17-8-10-18(11-9-17)29-14-4-1-5-15-29/h2-3,6-11,19H,1,4-5,12-16H2,(H,26,31). The summed E-state index contributed by atoms with van der Waals surface area (Å²) in [6.45, 7) is 2.19. The van der Waals surface area contributed by atoms with Crippen molar-refractivity contribution in [2.45, 2.75) is 43.3 Å². The Labute approximate surface area is 191 Å². The number of benzene rings is 2. The maximum absolute atomic E-state index is 14.3. The van der Waals surface area contributed by atoms with Gasteiger partial charge in [0.1, 0.15) is 5.82 Å². The first-order valence-electron chi connectivity index (χ1n) is 11.2. The van der Waals surface area contributed by atoms with Gasteiger partial charge in [-0.2, -0.15) is 0 Å². The quantitative estimate of drug-likeness (QED) is 0.504. The van der Waals surface area contributed by atoms with Crippen LogP contribution in [0.4, 0.5) is 15.8 Å². The first-order valence-corrected chi connectivity index (χ1v) is 12.1. The van der Waals surface area contributed by atoms with Crippen molar-refractivity contribution >= 4 is 29.0 Å². The number of halogens is 1. The molecule has 1 amide bonds. The molecule has 5 rings (SSSR count). The number of aromatic nitrogens is 3. The SMILES string of the molecule is O=C(CSc1nnc(-c2ccccc2F)n1C1CC1)Nc1ccc(N2CCCCC2)cc1. The second-order valence-corrected chi connectivity index (χ2v) is 9.26. The average molecular weight is 452 g/mol. The van der Waals surface area contributed by atoms with Gasteiger partial charge in [0.2, 0.25) is 5.91 Å². The molecule has 0 radical (unpaired) electrons. The molecule has 2 fully saturated rings. The maximum Gasteiger partial charge on any atom is 0.234 e. The molecule has 0 atom stereocenters. The predicted molar refractivity (Wildman–Crippen MR) is 126 cm³/mol. The molecule has 0 bridgehead atoms. The molecule has 8 heteroatoms. The van der Waals surface area contributed by atoms with E-state index < -0.39 is 0 Å². The highest BCUT2D eigenvalue weighted by atomic mass is 32.2. The first-order chi connectivity index (χ1) is 15.7. The number of nitrogens with one attached hydrogen (secondary N) is 1. The van der Waals surface area contributed by atoms with Crippen LogP contribution < -0.4 is 10.2 Å². The van der Waals surface area contributed by atoms with Crippen molar-refractivity contribution in [2.24, 2.45) is 0 Å². The molecule has 1 saturated carbocycles. The number of hydrogen-bond donors (Lipinski definition) is 1. The Morgan fingerprint density at radius 1 is 1.03 bits per heavy atom. The van der Waals surface area contributed by atoms with Crippen LogP contribution in [0.5, 0.6) is 0 Å². The Morgan fingerprint density at radius 3 is 2.50 bits per heavy atom. The van der Waals surface area contributed by atoms with E-state index in [9.17, 15) is 9.18 Å². The lowest BCUT2D eigenvalue weighted by Gasteiger charge is -2.28. The van der Waals surface area contributed by atoms with Crippen LogP contribution >= 0.6 is 11.8 Å². The number of amides is 1. The summed E-state index contributed by atoms with van der Waals surface area (Å²) in [6, 6.07) is 14.9. The van der Waals surface area contributed by atoms with Gasteiger partial charge in [-0.1, -0.05) is 23.9 Å². The minimum absolute atomic E-state index is 0.0986. The summed E-state index contributed by atoms with van der Waals surface area (Å²) in [7, 11) is 0. The highest BCUT2D eigenvalue weighted by Crippen LogP contribution is 2.41. The molecule has 166 valence electrons. The fourth-order valence-corrected chi connectivity index (χ4v) is 4.90. The number of piperidine rings is 1. The summed E-state index contributed by atoms with van der Waals surface area (Å²) in [5.74, 6) is 0.333. The largest absolute Gasteiger partial charge is 0.372 e. The van der Waals surface area contributed by atoms with Gasteiger partial charge in [-0.25, -0.2) is 4.39 Å². The van der Waals surface area contributed by atoms with Crippen LogP contribution in [0, 0.1) is 5.82 Å². The molecule has 1 saturated heterocycles. The number of carbonyl (C=O) groups is 1. The Morgan fingerprint density at radius 2 is 1.78 bits per heavy atom. The van der Waals surface area contributed by atoms with Gasteiger partial charge in [-0.05, 0) is 68.5 Å². The smallest absolute Gasteiger partial charge is 0.234 e. The third-order valence-electron chi connectivity index (χ3n) is 5.90. The van der Waals surface area contributed by atoms with E-state index in [1.165, 1.54) is 42.8 Å². The Hall–Kier alpha value is -2.87. The molecule has 2 aromatic carbocycles. The van der Waals surface area contributed by atoms with Crippen LogP contribution in [0.2, 0.25) is 0 Å². The van der Waals surface area contributed by atoms with Gasteiger partial charge >= 0.3 is 0 Å². The summed E-state index contributed by atoms with van der Waals surface area (Å²) in [5, 5.41) is 12.1. The van der Waals surface area contributed by atoms with Gasteiger partial charge in [0.25, 0.3) is 0 Å². The Kier molecular flexibility index (Phi) is 6.12. The van der Waals surface area contributed by atoms with Crippen molar-refractivity contribution in [1.82, 2.24) is 14.8 Å². The normalized spacial score (nSPS) is 16.2. The van der Waals surface area contributed by atoms with Crippen molar-refractivity contribution < 1.29 is 9.18 Å². The highest BCUT2D eigenvalue weighted by Gasteiger charge is 2.31. The molecule has 2 aliphatic rings. The van der Waals surface area contributed by atoms with Crippen molar-refractivity contribution in [3.63, 3.8) is 0 Å². The molecular weight excluding hydrogens is 425 g/mol. The van der Waals surface area contributed by atoms with Crippen molar-refractivity contribution in [3.8, 4) is 11.4 Å². The van der Waals surface area contributed by atoms with E-state index in [4.69, 9.17) is 0 Å². The summed E-state index contributed by atoms with van der Waals surface area (Å²) >= 11 is 1.34. The molecule has 1 aliphatic heterocycles. The van der Waals surface area contributed by atoms with Gasteiger partial charge in [0.15, 0.2) is 11.0 Å². The number of rotatable bonds is 7. The van der Waals surface area contributed by atoms with E-state index in [2.05, 4.69) is 32.5 Å². The van der Waals surface area contributed by atoms with Crippen molar-refractivity contribution in [2.75, 3.05) is 29.1 Å². The fraction of sp³-hybridized carbons (Fsp3) is 0.375. The van der Waals surface area contributed by atoms with Crippen LogP contribution in [0.1, 0.15) is 38.1 Å². The zero-order chi connectivity index (χ0) is 21.9. The van der Waals surface area contributed by atoms with Crippen LogP contribution in [-0.4, -0.2) is 39.5 Å². The van der Waals surface area contributed by atoms with E-state index in [1.807, 2.05) is 16.7 Å². The lowest BCUT2D eigenvalue weighted by molar-refractivity contribution is -0.113. The average Bonchev–Trinajstić information content (AvgIpc) is 3.58. The molecule has 1 aromatic heterocycles. The van der Waals surface area contributed by atoms with E-state index >= 15 is 0 Å². The second kappa shape index (κ2) is 9.32. The molecule has 3 aromatic rings. The van der Waals surface area contributed by atoms with E-state index in [0.29, 0.717) is 16.5 Å². The number of hydrogen-bond acceptors (Lipinski definition) is 5. The van der Waals surface area contributed by atoms with Gasteiger partial charge < -0.3 is 10.2 Å². The third-order valence-corrected chi connectivity index (χ3v) is 6.84. The van der Waals surface area contributed by atoms with Gasteiger partial charge in [-0.3, -0.25) is 9.36 Å². The van der Waals surface area contributed by atoms with Crippen LogP contribution in [0.3, 0.4) is 0 Å². The number of carbonyl (C=O) groups excluding carboxylic acids is 1. The second-order valence-electron chi connectivity index (χ2n) is 8.32. The number of nitrogens with zero attached hydrogens (tertiary/aromatic N) is 4. The summed E-state index contributed by atoms with van der Waals surface area (Å²) in [4.78, 5) is 14.9. The minimum Gasteiger partial charge on any atom is -0.372 e. The molecule has 1 aliphatic carbocycles. The molecule has 0 spiro atoms. The van der Waals surface area contributed by atoms with Crippen molar-refractivity contribution in [1.29, 1.82) is 0 Å². The molecule has 2 heterocycles. The van der Waals surface area contributed by atoms with E-state index in [-0.39, 0.29) is 23.5 Å². The van der Waals surface area contributed by atoms with Gasteiger partial charge in [0.05, 0.1) is 11.3 Å². The highest BCUT2D eigenvalue weighted by molar-refractivity contribution is 7.99. The zero-order valence-corrected chi connectivity index (χ0v) is 18.7. The van der Waals surface area contributed by atoms with Gasteiger partial charge in [0, 0.05) is 30.5 Å². The zero-order valence-electron chi connectivity index (χ0n) is 17.8. The van der Waals surface area contributed by atoms with Crippen LogP contribution in [-0.2, 0) is 4.79 Å². The fourth-order valence-electron chi connectivity index (χ4n) is 4.10. The predicted octanol–water partition coefficient (Wildman–Crippen LogP) is 5.14. The third kappa shape index (κ3) is 4.65. The molecule has 0 unspecified atom stereocenters. The topological polar surface area (TPSA) is 63.1 Å². The lowest BCUT2D eigenvalue weighted by Crippen LogP contribution is -2.29. The van der Waals surface area contributed by atoms with Crippen LogP contribution in [0.25, 0.3) is 11.4 Å². The number of anilines is 2. The molecule has 6 nitrogen and oxygen atoms in total.